The molecule has 0 amide bonds. The number of hydrogen-bond acceptors (Lipinski definition) is 16. The van der Waals surface area contributed by atoms with E-state index in [1.165, 1.54) is 6.20 Å². The van der Waals surface area contributed by atoms with Crippen LogP contribution >= 0.6 is 0 Å². The molecule has 8 aromatic rings. The fourth-order valence-corrected chi connectivity index (χ4v) is 9.02. The van der Waals surface area contributed by atoms with Gasteiger partial charge in [0.05, 0.1) is 22.1 Å². The molecule has 8 heterocycles. The van der Waals surface area contributed by atoms with Gasteiger partial charge in [0.25, 0.3) is 0 Å². The minimum absolute atomic E-state index is 0.234. The maximum absolute atomic E-state index is 12.0. The molecule has 2 fully saturated rings. The van der Waals surface area contributed by atoms with Crippen molar-refractivity contribution in [1.29, 1.82) is 0 Å². The molecule has 12 rings (SSSR count). The lowest BCUT2D eigenvalue weighted by atomic mass is 10.1. The predicted molar refractivity (Wildman–Crippen MR) is 264 cm³/mol. The molecule has 0 unspecified atom stereocenters. The third-order valence-corrected chi connectivity index (χ3v) is 13.0. The zero-order valence-corrected chi connectivity index (χ0v) is 40.0. The Kier molecular flexibility index (Phi) is 13.6. The summed E-state index contributed by atoms with van der Waals surface area (Å²) in [4.78, 5) is 27.3. The number of nitrogens with zero attached hydrogens (tertiary/aromatic N) is 8. The number of rotatable bonds is 7. The molecule has 0 bridgehead atoms. The summed E-state index contributed by atoms with van der Waals surface area (Å²) in [6, 6.07) is 28.0. The minimum Gasteiger partial charge on any atom is -0.486 e. The Morgan fingerprint density at radius 1 is 0.557 bits per heavy atom. The molecule has 4 aromatic carbocycles. The highest BCUT2D eigenvalue weighted by molar-refractivity contribution is 7.90. The first-order chi connectivity index (χ1) is 34.0. The normalized spacial score (nSPS) is 15.9. The van der Waals surface area contributed by atoms with Gasteiger partial charge in [-0.2, -0.15) is 4.98 Å². The summed E-state index contributed by atoms with van der Waals surface area (Å²) in [5.41, 5.74) is 13.0. The second-order valence-corrected chi connectivity index (χ2v) is 19.3. The van der Waals surface area contributed by atoms with Crippen molar-refractivity contribution < 1.29 is 36.8 Å². The van der Waals surface area contributed by atoms with Crippen LogP contribution in [0.2, 0.25) is 0 Å². The van der Waals surface area contributed by atoms with E-state index >= 15 is 0 Å². The first-order valence-electron chi connectivity index (χ1n) is 23.4. The number of ether oxygens (including phenoxy) is 6. The second kappa shape index (κ2) is 20.4. The number of benzene rings is 4. The Labute approximate surface area is 405 Å². The average molecular weight is 967 g/mol. The van der Waals surface area contributed by atoms with Crippen LogP contribution < -0.4 is 30.0 Å². The van der Waals surface area contributed by atoms with E-state index in [1.54, 1.807) is 12.3 Å². The Morgan fingerprint density at radius 2 is 1.04 bits per heavy atom. The van der Waals surface area contributed by atoms with E-state index in [0.717, 1.165) is 126 Å². The molecular weight excluding hydrogens is 913 g/mol. The fourth-order valence-electron chi connectivity index (χ4n) is 8.51. The van der Waals surface area contributed by atoms with Crippen LogP contribution in [0.15, 0.2) is 102 Å². The quantitative estimate of drug-likeness (QED) is 0.151. The van der Waals surface area contributed by atoms with E-state index < -0.39 is 9.84 Å². The van der Waals surface area contributed by atoms with Crippen LogP contribution in [0, 0.1) is 13.8 Å². The van der Waals surface area contributed by atoms with E-state index in [-0.39, 0.29) is 5.16 Å². The van der Waals surface area contributed by atoms with Crippen molar-refractivity contribution in [3.8, 4) is 57.4 Å². The zero-order chi connectivity index (χ0) is 48.2. The highest BCUT2D eigenvalue weighted by Gasteiger charge is 2.23. The van der Waals surface area contributed by atoms with E-state index in [4.69, 9.17) is 49.1 Å². The van der Waals surface area contributed by atoms with E-state index in [0.29, 0.717) is 67.6 Å². The number of aryl methyl sites for hydroxylation is 2. The number of imidazole rings is 2. The minimum atomic E-state index is -3.56. The third kappa shape index (κ3) is 10.4. The van der Waals surface area contributed by atoms with Gasteiger partial charge >= 0.3 is 0 Å². The second-order valence-electron chi connectivity index (χ2n) is 17.4. The molecule has 70 heavy (non-hydrogen) atoms. The summed E-state index contributed by atoms with van der Waals surface area (Å²) in [5, 5.41) is 3.24. The van der Waals surface area contributed by atoms with Crippen molar-refractivity contribution in [1.82, 2.24) is 39.0 Å². The van der Waals surface area contributed by atoms with E-state index in [9.17, 15) is 8.42 Å². The smallest absolute Gasteiger partial charge is 0.248 e. The molecule has 4 aromatic heterocycles. The van der Waals surface area contributed by atoms with Crippen molar-refractivity contribution >= 4 is 37.9 Å². The molecule has 0 radical (unpaired) electrons. The summed E-state index contributed by atoms with van der Waals surface area (Å²) in [5.74, 6) is 6.03. The average Bonchev–Trinajstić information content (AvgIpc) is 3.95. The van der Waals surface area contributed by atoms with Crippen LogP contribution in [0.3, 0.4) is 0 Å². The molecule has 2 saturated heterocycles. The van der Waals surface area contributed by atoms with Gasteiger partial charge in [0.1, 0.15) is 49.7 Å². The molecule has 0 atom stereocenters. The highest BCUT2D eigenvalue weighted by atomic mass is 32.2. The first-order valence-corrected chi connectivity index (χ1v) is 25.3. The zero-order valence-electron chi connectivity index (χ0n) is 39.2. The topological polar surface area (TPSA) is 215 Å². The highest BCUT2D eigenvalue weighted by Crippen LogP contribution is 2.38. The SMILES string of the molecule is Cc1ccc2nc(-c3ccc4c(c3)OCCO4)n(-c3ccnc(NC4CCOCC4)n3)c2c1.Cc1ccc2nc(-c3ccc4c(c3)OCCO4)n(-c3ccnc(S(C)(=O)=O)n3)c2c1.NC1CCOCC1. The Balaban J connectivity index is 0.000000143. The largest absolute Gasteiger partial charge is 0.486 e. The molecule has 0 saturated carbocycles. The van der Waals surface area contributed by atoms with Crippen LogP contribution in [-0.4, -0.2) is 119 Å². The first kappa shape index (κ1) is 46.5. The van der Waals surface area contributed by atoms with Gasteiger partial charge in [0.2, 0.25) is 20.9 Å². The van der Waals surface area contributed by atoms with Gasteiger partial charge in [0.15, 0.2) is 23.0 Å². The van der Waals surface area contributed by atoms with Crippen molar-refractivity contribution in [3.63, 3.8) is 0 Å². The molecule has 4 aliphatic heterocycles. The lowest BCUT2D eigenvalue weighted by molar-refractivity contribution is 0.0866. The van der Waals surface area contributed by atoms with Gasteiger partial charge in [-0.25, -0.2) is 33.3 Å². The summed E-state index contributed by atoms with van der Waals surface area (Å²) in [7, 11) is -3.56. The predicted octanol–water partition coefficient (Wildman–Crippen LogP) is 7.24. The maximum atomic E-state index is 12.0. The van der Waals surface area contributed by atoms with E-state index in [2.05, 4.69) is 43.9 Å². The molecule has 0 aliphatic carbocycles. The standard InChI is InChI=1S/C25H25N5O3.C21H18N4O4S.C5H11NO/c1-16-2-4-19-20(14-16)30(23-6-9-26-25(29-23)27-18-7-10-31-11-8-18)24(28-19)17-3-5-21-22(15-17)33-13-12-32-21;1-13-3-5-15-16(11-13)25(19-7-8-22-21(24-19)30(2,26)27)20(23-15)14-4-6-17-18(12-14)29-10-9-28-17;6-5-1-3-7-4-2-5/h2-6,9,14-15,18H,7-8,10-13H2,1H3,(H,26,27,29);3-8,11-12H,9-10H2,1-2H3;5H,1-4,6H2. The van der Waals surface area contributed by atoms with Gasteiger partial charge in [-0.3, -0.25) is 9.13 Å². The van der Waals surface area contributed by atoms with Gasteiger partial charge in [-0.05, 0) is 123 Å². The number of sulfone groups is 1. The number of anilines is 1. The molecule has 362 valence electrons. The van der Waals surface area contributed by atoms with Gasteiger partial charge in [-0.15, -0.1) is 0 Å². The summed E-state index contributed by atoms with van der Waals surface area (Å²) in [6.45, 7) is 9.42. The Hall–Kier alpha value is -7.19. The number of hydrogen-bond donors (Lipinski definition) is 2. The maximum Gasteiger partial charge on any atom is 0.248 e. The monoisotopic (exact) mass is 966 g/mol. The summed E-state index contributed by atoms with van der Waals surface area (Å²) in [6.07, 6.45) is 8.30. The fraction of sp³-hybridized carbons (Fsp3) is 0.333. The van der Waals surface area contributed by atoms with Crippen LogP contribution in [0.1, 0.15) is 36.8 Å². The van der Waals surface area contributed by atoms with Gasteiger partial charge in [0, 0.05) is 68.3 Å². The van der Waals surface area contributed by atoms with Crippen molar-refractivity contribution in [3.05, 3.63) is 108 Å². The Bertz CT molecular complexity index is 3280. The summed E-state index contributed by atoms with van der Waals surface area (Å²) >= 11 is 0. The van der Waals surface area contributed by atoms with Gasteiger partial charge < -0.3 is 39.5 Å². The molecular formula is C51H54N10O8S. The van der Waals surface area contributed by atoms with Crippen LogP contribution in [0.4, 0.5) is 5.95 Å². The number of fused-ring (bicyclic) bond motifs is 4. The van der Waals surface area contributed by atoms with Crippen molar-refractivity contribution in [2.75, 3.05) is 64.4 Å². The number of nitrogens with one attached hydrogen (secondary N) is 1. The number of aromatic nitrogens is 8. The Morgan fingerprint density at radius 3 is 1.54 bits per heavy atom. The third-order valence-electron chi connectivity index (χ3n) is 12.1. The van der Waals surface area contributed by atoms with Crippen molar-refractivity contribution in [2.24, 2.45) is 5.73 Å². The molecule has 19 heteroatoms. The molecule has 0 spiro atoms. The molecule has 4 aliphatic rings. The summed E-state index contributed by atoms with van der Waals surface area (Å²) < 4.78 is 61.3. The van der Waals surface area contributed by atoms with Crippen LogP contribution in [0.5, 0.6) is 23.0 Å². The molecule has 3 N–H and O–H groups in total. The number of nitrogens with two attached hydrogens (primary N) is 1. The van der Waals surface area contributed by atoms with E-state index in [1.807, 2.05) is 78.2 Å². The van der Waals surface area contributed by atoms with Crippen LogP contribution in [-0.2, 0) is 19.3 Å². The lowest BCUT2D eigenvalue weighted by Crippen LogP contribution is -2.28. The lowest BCUT2D eigenvalue weighted by Gasteiger charge is -2.23. The molecule has 18 nitrogen and oxygen atoms in total. The van der Waals surface area contributed by atoms with Gasteiger partial charge in [-0.1, -0.05) is 12.1 Å². The van der Waals surface area contributed by atoms with Crippen molar-refractivity contribution in [2.45, 2.75) is 56.8 Å². The van der Waals surface area contributed by atoms with Crippen LogP contribution in [0.25, 0.3) is 56.5 Å².